The molecule has 0 unspecified atom stereocenters. The normalized spacial score (nSPS) is 14.0. The summed E-state index contributed by atoms with van der Waals surface area (Å²) in [7, 11) is 1.40. The highest BCUT2D eigenvalue weighted by Gasteiger charge is 2.35. The Morgan fingerprint density at radius 2 is 1.78 bits per heavy atom. The zero-order valence-corrected chi connectivity index (χ0v) is 14.3. The smallest absolute Gasteiger partial charge is 0.410 e. The van der Waals surface area contributed by atoms with E-state index in [2.05, 4.69) is 0 Å². The molecular formula is C17H25NO5. The van der Waals surface area contributed by atoms with Crippen LogP contribution in [0.15, 0.2) is 30.3 Å². The zero-order valence-electron chi connectivity index (χ0n) is 14.3. The fourth-order valence-electron chi connectivity index (χ4n) is 2.24. The molecule has 0 aromatic heterocycles. The van der Waals surface area contributed by atoms with Crippen LogP contribution in [0.5, 0.6) is 0 Å². The predicted molar refractivity (Wildman–Crippen MR) is 86.1 cm³/mol. The molecule has 0 aliphatic heterocycles. The summed E-state index contributed by atoms with van der Waals surface area (Å²) in [6, 6.07) is 8.07. The zero-order chi connectivity index (χ0) is 17.6. The van der Waals surface area contributed by atoms with Gasteiger partial charge in [0.25, 0.3) is 0 Å². The topological polar surface area (TPSA) is 76.1 Å². The van der Waals surface area contributed by atoms with E-state index in [1.165, 1.54) is 7.05 Å². The molecule has 23 heavy (non-hydrogen) atoms. The number of amides is 1. The van der Waals surface area contributed by atoms with Crippen molar-refractivity contribution in [3.8, 4) is 0 Å². The number of benzene rings is 1. The summed E-state index contributed by atoms with van der Waals surface area (Å²) in [5, 5.41) is 9.42. The van der Waals surface area contributed by atoms with E-state index in [-0.39, 0.29) is 6.61 Å². The van der Waals surface area contributed by atoms with Crippen molar-refractivity contribution in [1.29, 1.82) is 0 Å². The lowest BCUT2D eigenvalue weighted by atomic mass is 10.1. The molecule has 0 fully saturated rings. The van der Waals surface area contributed by atoms with Crippen molar-refractivity contribution in [2.24, 2.45) is 0 Å². The van der Waals surface area contributed by atoms with E-state index in [9.17, 15) is 14.7 Å². The molecule has 1 N–H and O–H groups in total. The minimum atomic E-state index is -1.14. The molecule has 1 rings (SSSR count). The van der Waals surface area contributed by atoms with Gasteiger partial charge in [-0.25, -0.2) is 9.59 Å². The second-order valence-corrected chi connectivity index (χ2v) is 6.37. The standard InChI is InChI=1S/C17H25NO5/c1-12(23-17(2,3)4)14(15(19)20)18(5)16(21)22-11-13-9-7-6-8-10-13/h6-10,12,14H,11H2,1-5H3,(H,19,20)/t12-,14+/m0/s1. The number of likely N-dealkylation sites (N-methyl/N-ethyl adjacent to an activating group) is 1. The van der Waals surface area contributed by atoms with Gasteiger partial charge in [0.2, 0.25) is 0 Å². The number of hydrogen-bond acceptors (Lipinski definition) is 4. The number of carboxylic acids is 1. The Bertz CT molecular complexity index is 524. The molecule has 0 spiro atoms. The van der Waals surface area contributed by atoms with Crippen LogP contribution in [-0.2, 0) is 20.9 Å². The van der Waals surface area contributed by atoms with Crippen molar-refractivity contribution in [3.05, 3.63) is 35.9 Å². The molecular weight excluding hydrogens is 298 g/mol. The van der Waals surface area contributed by atoms with Crippen molar-refractivity contribution in [2.75, 3.05) is 7.05 Å². The Morgan fingerprint density at radius 3 is 2.26 bits per heavy atom. The molecule has 0 heterocycles. The molecule has 128 valence electrons. The van der Waals surface area contributed by atoms with Gasteiger partial charge in [-0.3, -0.25) is 4.90 Å². The summed E-state index contributed by atoms with van der Waals surface area (Å²) >= 11 is 0. The summed E-state index contributed by atoms with van der Waals surface area (Å²) in [5.74, 6) is -1.14. The first-order valence-corrected chi connectivity index (χ1v) is 7.46. The lowest BCUT2D eigenvalue weighted by Crippen LogP contribution is -2.51. The maximum Gasteiger partial charge on any atom is 0.410 e. The van der Waals surface area contributed by atoms with Crippen LogP contribution in [0.3, 0.4) is 0 Å². The number of ether oxygens (including phenoxy) is 2. The van der Waals surface area contributed by atoms with Crippen LogP contribution in [-0.4, -0.2) is 46.9 Å². The monoisotopic (exact) mass is 323 g/mol. The van der Waals surface area contributed by atoms with Gasteiger partial charge in [-0.2, -0.15) is 0 Å². The molecule has 1 aromatic carbocycles. The first-order valence-electron chi connectivity index (χ1n) is 7.46. The lowest BCUT2D eigenvalue weighted by Gasteiger charge is -2.33. The van der Waals surface area contributed by atoms with Gasteiger partial charge in [0.15, 0.2) is 6.04 Å². The molecule has 0 aliphatic rings. The highest BCUT2D eigenvalue weighted by atomic mass is 16.6. The second-order valence-electron chi connectivity index (χ2n) is 6.37. The quantitative estimate of drug-likeness (QED) is 0.871. The Morgan fingerprint density at radius 1 is 1.22 bits per heavy atom. The Balaban J connectivity index is 2.71. The van der Waals surface area contributed by atoms with Gasteiger partial charge in [-0.1, -0.05) is 30.3 Å². The Hall–Kier alpha value is -2.08. The molecule has 1 aromatic rings. The van der Waals surface area contributed by atoms with E-state index in [0.717, 1.165) is 10.5 Å². The van der Waals surface area contributed by atoms with Crippen LogP contribution in [0.1, 0.15) is 33.3 Å². The third-order valence-electron chi connectivity index (χ3n) is 3.15. The first kappa shape index (κ1) is 19.0. The molecule has 6 nitrogen and oxygen atoms in total. The van der Waals surface area contributed by atoms with Gasteiger partial charge in [0, 0.05) is 7.05 Å². The Labute approximate surface area is 137 Å². The van der Waals surface area contributed by atoms with Gasteiger partial charge in [-0.15, -0.1) is 0 Å². The number of carboxylic acid groups (broad SMARTS) is 1. The number of hydrogen-bond donors (Lipinski definition) is 1. The number of carbonyl (C=O) groups is 2. The van der Waals surface area contributed by atoms with Gasteiger partial charge < -0.3 is 14.6 Å². The minimum absolute atomic E-state index is 0.0882. The number of nitrogens with zero attached hydrogens (tertiary/aromatic N) is 1. The maximum atomic E-state index is 12.1. The van der Waals surface area contributed by atoms with E-state index in [1.54, 1.807) is 6.92 Å². The average Bonchev–Trinajstić information content (AvgIpc) is 2.43. The first-order chi connectivity index (χ1) is 10.6. The molecule has 0 bridgehead atoms. The number of rotatable bonds is 6. The summed E-state index contributed by atoms with van der Waals surface area (Å²) in [6.45, 7) is 7.21. The van der Waals surface area contributed by atoms with Crippen LogP contribution >= 0.6 is 0 Å². The van der Waals surface area contributed by atoms with E-state index in [4.69, 9.17) is 9.47 Å². The van der Waals surface area contributed by atoms with Crippen LogP contribution in [0.4, 0.5) is 4.79 Å². The molecule has 0 aliphatic carbocycles. The van der Waals surface area contributed by atoms with Crippen LogP contribution in [0.2, 0.25) is 0 Å². The van der Waals surface area contributed by atoms with Crippen LogP contribution in [0, 0.1) is 0 Å². The van der Waals surface area contributed by atoms with Gasteiger partial charge in [0.05, 0.1) is 11.7 Å². The number of carbonyl (C=O) groups excluding carboxylic acids is 1. The highest BCUT2D eigenvalue weighted by Crippen LogP contribution is 2.17. The van der Waals surface area contributed by atoms with E-state index < -0.39 is 29.8 Å². The van der Waals surface area contributed by atoms with Crippen molar-refractivity contribution in [2.45, 2.75) is 52.0 Å². The lowest BCUT2D eigenvalue weighted by molar-refractivity contribution is -0.153. The summed E-state index contributed by atoms with van der Waals surface area (Å²) in [5.41, 5.74) is 0.321. The summed E-state index contributed by atoms with van der Waals surface area (Å²) < 4.78 is 10.8. The van der Waals surface area contributed by atoms with Crippen LogP contribution in [0.25, 0.3) is 0 Å². The molecule has 0 saturated carbocycles. The maximum absolute atomic E-state index is 12.1. The molecule has 0 radical (unpaired) electrons. The van der Waals surface area contributed by atoms with Crippen molar-refractivity contribution < 1.29 is 24.2 Å². The van der Waals surface area contributed by atoms with Gasteiger partial charge >= 0.3 is 12.1 Å². The highest BCUT2D eigenvalue weighted by molar-refractivity contribution is 5.80. The van der Waals surface area contributed by atoms with E-state index in [0.29, 0.717) is 0 Å². The summed E-state index contributed by atoms with van der Waals surface area (Å²) in [6.07, 6.45) is -1.38. The van der Waals surface area contributed by atoms with Crippen LogP contribution < -0.4 is 0 Å². The average molecular weight is 323 g/mol. The van der Waals surface area contributed by atoms with E-state index in [1.807, 2.05) is 51.1 Å². The van der Waals surface area contributed by atoms with Crippen molar-refractivity contribution >= 4 is 12.1 Å². The van der Waals surface area contributed by atoms with Crippen molar-refractivity contribution in [3.63, 3.8) is 0 Å². The molecule has 6 heteroatoms. The van der Waals surface area contributed by atoms with E-state index >= 15 is 0 Å². The Kier molecular flexibility index (Phi) is 6.57. The molecule has 1 amide bonds. The fourth-order valence-corrected chi connectivity index (χ4v) is 2.24. The molecule has 0 saturated heterocycles. The molecule has 2 atom stereocenters. The second kappa shape index (κ2) is 7.97. The van der Waals surface area contributed by atoms with Crippen molar-refractivity contribution in [1.82, 2.24) is 4.90 Å². The van der Waals surface area contributed by atoms with Gasteiger partial charge in [-0.05, 0) is 33.3 Å². The predicted octanol–water partition coefficient (Wildman–Crippen LogP) is 2.91. The minimum Gasteiger partial charge on any atom is -0.480 e. The van der Waals surface area contributed by atoms with Gasteiger partial charge in [0.1, 0.15) is 6.61 Å². The largest absolute Gasteiger partial charge is 0.480 e. The summed E-state index contributed by atoms with van der Waals surface area (Å²) in [4.78, 5) is 24.7. The SMILES string of the molecule is C[C@H](OC(C)(C)C)[C@H](C(=O)O)N(C)C(=O)OCc1ccccc1. The third-order valence-corrected chi connectivity index (χ3v) is 3.15. The number of aliphatic carboxylic acids is 1. The fraction of sp³-hybridized carbons (Fsp3) is 0.529. The third kappa shape index (κ3) is 6.28.